The van der Waals surface area contributed by atoms with Gasteiger partial charge in [-0.15, -0.1) is 0 Å². The highest BCUT2D eigenvalue weighted by Gasteiger charge is 2.28. The second-order valence-corrected chi connectivity index (χ2v) is 4.63. The Bertz CT molecular complexity index is 439. The van der Waals surface area contributed by atoms with E-state index in [2.05, 4.69) is 11.9 Å². The van der Waals surface area contributed by atoms with E-state index in [1.807, 2.05) is 4.90 Å². The SMILES string of the molecule is Cc1cnc(N2CC(C)C(N)C2)cc1[N+](=O)[O-]. The van der Waals surface area contributed by atoms with Crippen LogP contribution in [0.2, 0.25) is 0 Å². The Balaban J connectivity index is 2.28. The molecule has 0 spiro atoms. The van der Waals surface area contributed by atoms with E-state index in [-0.39, 0.29) is 16.7 Å². The lowest BCUT2D eigenvalue weighted by Gasteiger charge is -2.16. The number of aryl methyl sites for hydroxylation is 1. The third-order valence-corrected chi connectivity index (χ3v) is 3.25. The van der Waals surface area contributed by atoms with Crippen molar-refractivity contribution in [2.24, 2.45) is 11.7 Å². The van der Waals surface area contributed by atoms with Gasteiger partial charge < -0.3 is 10.6 Å². The highest BCUT2D eigenvalue weighted by molar-refractivity contribution is 5.51. The Morgan fingerprint density at radius 1 is 1.59 bits per heavy atom. The van der Waals surface area contributed by atoms with Crippen LogP contribution in [0.3, 0.4) is 0 Å². The van der Waals surface area contributed by atoms with E-state index < -0.39 is 0 Å². The van der Waals surface area contributed by atoms with E-state index in [4.69, 9.17) is 5.73 Å². The third kappa shape index (κ3) is 2.21. The molecule has 92 valence electrons. The maximum absolute atomic E-state index is 10.9. The van der Waals surface area contributed by atoms with Gasteiger partial charge in [0, 0.05) is 30.9 Å². The van der Waals surface area contributed by atoms with Crippen molar-refractivity contribution >= 4 is 11.5 Å². The average molecular weight is 236 g/mol. The number of hydrogen-bond donors (Lipinski definition) is 1. The zero-order valence-corrected chi connectivity index (χ0v) is 9.96. The van der Waals surface area contributed by atoms with Crippen LogP contribution >= 0.6 is 0 Å². The van der Waals surface area contributed by atoms with Crippen LogP contribution < -0.4 is 10.6 Å². The van der Waals surface area contributed by atoms with E-state index in [9.17, 15) is 10.1 Å². The number of anilines is 1. The number of pyridine rings is 1. The normalized spacial score (nSPS) is 24.1. The maximum Gasteiger partial charge on any atom is 0.277 e. The molecule has 6 nitrogen and oxygen atoms in total. The van der Waals surface area contributed by atoms with E-state index in [0.29, 0.717) is 23.8 Å². The monoisotopic (exact) mass is 236 g/mol. The minimum atomic E-state index is -0.375. The zero-order chi connectivity index (χ0) is 12.6. The molecule has 2 unspecified atom stereocenters. The first-order valence-electron chi connectivity index (χ1n) is 5.60. The van der Waals surface area contributed by atoms with Gasteiger partial charge in [-0.25, -0.2) is 4.98 Å². The first kappa shape index (κ1) is 11.8. The number of rotatable bonds is 2. The second kappa shape index (κ2) is 4.29. The summed E-state index contributed by atoms with van der Waals surface area (Å²) in [6.45, 7) is 5.27. The van der Waals surface area contributed by atoms with Gasteiger partial charge in [0.2, 0.25) is 0 Å². The largest absolute Gasteiger partial charge is 0.355 e. The van der Waals surface area contributed by atoms with Crippen LogP contribution in [0.5, 0.6) is 0 Å². The molecule has 0 saturated carbocycles. The van der Waals surface area contributed by atoms with Gasteiger partial charge in [-0.3, -0.25) is 10.1 Å². The Kier molecular flexibility index (Phi) is 2.97. The summed E-state index contributed by atoms with van der Waals surface area (Å²) in [7, 11) is 0. The highest BCUT2D eigenvalue weighted by Crippen LogP contribution is 2.26. The predicted molar refractivity (Wildman–Crippen MR) is 65.0 cm³/mol. The molecule has 2 atom stereocenters. The Morgan fingerprint density at radius 3 is 2.82 bits per heavy atom. The number of hydrogen-bond acceptors (Lipinski definition) is 5. The molecule has 0 radical (unpaired) electrons. The number of aromatic nitrogens is 1. The Morgan fingerprint density at radius 2 is 2.29 bits per heavy atom. The molecular weight excluding hydrogens is 220 g/mol. The van der Waals surface area contributed by atoms with Crippen molar-refractivity contribution in [1.29, 1.82) is 0 Å². The van der Waals surface area contributed by atoms with Crippen LogP contribution in [-0.4, -0.2) is 29.0 Å². The minimum absolute atomic E-state index is 0.108. The van der Waals surface area contributed by atoms with Crippen molar-refractivity contribution in [2.75, 3.05) is 18.0 Å². The molecule has 1 aromatic rings. The van der Waals surface area contributed by atoms with Gasteiger partial charge in [0.1, 0.15) is 5.82 Å². The first-order chi connectivity index (χ1) is 7.99. The fourth-order valence-corrected chi connectivity index (χ4v) is 2.05. The molecule has 2 heterocycles. The molecule has 6 heteroatoms. The lowest BCUT2D eigenvalue weighted by molar-refractivity contribution is -0.385. The molecule has 2 rings (SSSR count). The summed E-state index contributed by atoms with van der Waals surface area (Å²) in [4.78, 5) is 16.7. The molecule has 17 heavy (non-hydrogen) atoms. The summed E-state index contributed by atoms with van der Waals surface area (Å²) in [6.07, 6.45) is 1.54. The molecule has 1 aromatic heterocycles. The standard InChI is InChI=1S/C11H16N4O2/c1-7-4-13-11(3-10(7)15(16)17)14-5-8(2)9(12)6-14/h3-4,8-9H,5-6,12H2,1-2H3. The lowest BCUT2D eigenvalue weighted by atomic mass is 10.1. The van der Waals surface area contributed by atoms with Gasteiger partial charge in [-0.1, -0.05) is 6.92 Å². The molecule has 1 aliphatic rings. The molecular formula is C11H16N4O2. The molecule has 2 N–H and O–H groups in total. The highest BCUT2D eigenvalue weighted by atomic mass is 16.6. The third-order valence-electron chi connectivity index (χ3n) is 3.25. The van der Waals surface area contributed by atoms with Gasteiger partial charge >= 0.3 is 0 Å². The van der Waals surface area contributed by atoms with Gasteiger partial charge in [0.15, 0.2) is 0 Å². The second-order valence-electron chi connectivity index (χ2n) is 4.63. The van der Waals surface area contributed by atoms with Crippen LogP contribution in [0.25, 0.3) is 0 Å². The van der Waals surface area contributed by atoms with Crippen molar-refractivity contribution < 1.29 is 4.92 Å². The number of nitrogens with two attached hydrogens (primary N) is 1. The lowest BCUT2D eigenvalue weighted by Crippen LogP contribution is -2.28. The molecule has 0 amide bonds. The zero-order valence-electron chi connectivity index (χ0n) is 9.96. The minimum Gasteiger partial charge on any atom is -0.355 e. The molecule has 1 aliphatic heterocycles. The van der Waals surface area contributed by atoms with Crippen molar-refractivity contribution in [1.82, 2.24) is 4.98 Å². The van der Waals surface area contributed by atoms with E-state index in [1.165, 1.54) is 6.07 Å². The van der Waals surface area contributed by atoms with Gasteiger partial charge in [-0.2, -0.15) is 0 Å². The topological polar surface area (TPSA) is 85.3 Å². The maximum atomic E-state index is 10.9. The summed E-state index contributed by atoms with van der Waals surface area (Å²) >= 11 is 0. The van der Waals surface area contributed by atoms with Gasteiger partial charge in [-0.05, 0) is 12.8 Å². The predicted octanol–water partition coefficient (Wildman–Crippen LogP) is 1.08. The van der Waals surface area contributed by atoms with Crippen molar-refractivity contribution in [3.05, 3.63) is 27.9 Å². The Labute approximate surface area is 99.6 Å². The van der Waals surface area contributed by atoms with E-state index in [0.717, 1.165) is 6.54 Å². The number of nitrogens with zero attached hydrogens (tertiary/aromatic N) is 3. The van der Waals surface area contributed by atoms with Crippen LogP contribution in [-0.2, 0) is 0 Å². The van der Waals surface area contributed by atoms with Crippen molar-refractivity contribution in [3.63, 3.8) is 0 Å². The fourth-order valence-electron chi connectivity index (χ4n) is 2.05. The van der Waals surface area contributed by atoms with Crippen LogP contribution in [0.1, 0.15) is 12.5 Å². The van der Waals surface area contributed by atoms with Crippen LogP contribution in [0, 0.1) is 23.0 Å². The average Bonchev–Trinajstić information content (AvgIpc) is 2.59. The smallest absolute Gasteiger partial charge is 0.277 e. The molecule has 0 aromatic carbocycles. The molecule has 1 saturated heterocycles. The summed E-state index contributed by atoms with van der Waals surface area (Å²) in [5.41, 5.74) is 6.62. The summed E-state index contributed by atoms with van der Waals surface area (Å²) in [5.74, 6) is 1.03. The van der Waals surface area contributed by atoms with E-state index >= 15 is 0 Å². The van der Waals surface area contributed by atoms with E-state index in [1.54, 1.807) is 13.1 Å². The Hall–Kier alpha value is -1.69. The molecule has 0 bridgehead atoms. The number of nitro groups is 1. The van der Waals surface area contributed by atoms with Crippen molar-refractivity contribution in [2.45, 2.75) is 19.9 Å². The van der Waals surface area contributed by atoms with Gasteiger partial charge in [0.25, 0.3) is 5.69 Å². The quantitative estimate of drug-likeness (QED) is 0.613. The summed E-state index contributed by atoms with van der Waals surface area (Å²) in [5, 5.41) is 10.9. The van der Waals surface area contributed by atoms with Crippen LogP contribution in [0.15, 0.2) is 12.3 Å². The summed E-state index contributed by atoms with van der Waals surface area (Å²) < 4.78 is 0. The first-order valence-corrected chi connectivity index (χ1v) is 5.60. The van der Waals surface area contributed by atoms with Crippen LogP contribution in [0.4, 0.5) is 11.5 Å². The van der Waals surface area contributed by atoms with Gasteiger partial charge in [0.05, 0.1) is 11.0 Å². The molecule has 1 fully saturated rings. The fraction of sp³-hybridized carbons (Fsp3) is 0.545. The molecule has 0 aliphatic carbocycles. The van der Waals surface area contributed by atoms with Crippen molar-refractivity contribution in [3.8, 4) is 0 Å². The summed E-state index contributed by atoms with van der Waals surface area (Å²) in [6, 6.07) is 1.64.